The molecule has 0 bridgehead atoms. The van der Waals surface area contributed by atoms with Gasteiger partial charge in [-0.3, -0.25) is 4.79 Å². The summed E-state index contributed by atoms with van der Waals surface area (Å²) in [5.74, 6) is -1.51. The highest BCUT2D eigenvalue weighted by molar-refractivity contribution is 6.09. The van der Waals surface area contributed by atoms with Crippen LogP contribution in [-0.2, 0) is 19.1 Å². The van der Waals surface area contributed by atoms with Gasteiger partial charge in [0.25, 0.3) is 0 Å². The summed E-state index contributed by atoms with van der Waals surface area (Å²) in [5.41, 5.74) is -3.07. The van der Waals surface area contributed by atoms with E-state index in [2.05, 4.69) is 9.47 Å². The zero-order valence-electron chi connectivity index (χ0n) is 8.79. The first-order chi connectivity index (χ1) is 6.20. The minimum atomic E-state index is -1.85. The molecule has 0 aliphatic carbocycles. The molecule has 0 aromatic carbocycles. The van der Waals surface area contributed by atoms with Gasteiger partial charge in [-0.15, -0.1) is 0 Å². The van der Waals surface area contributed by atoms with Crippen molar-refractivity contribution in [2.75, 3.05) is 7.11 Å². The van der Waals surface area contributed by atoms with E-state index < -0.39 is 22.8 Å². The number of ether oxygens (including phenoxy) is 2. The summed E-state index contributed by atoms with van der Waals surface area (Å²) in [6.07, 6.45) is 0. The van der Waals surface area contributed by atoms with Crippen LogP contribution in [-0.4, -0.2) is 24.5 Å². The maximum absolute atomic E-state index is 11.7. The quantitative estimate of drug-likeness (QED) is 0.497. The van der Waals surface area contributed by atoms with Gasteiger partial charge in [0.2, 0.25) is 5.60 Å². The topological polar surface area (TPSA) is 52.6 Å². The van der Waals surface area contributed by atoms with Crippen molar-refractivity contribution in [3.63, 3.8) is 0 Å². The van der Waals surface area contributed by atoms with Gasteiger partial charge in [-0.1, -0.05) is 13.8 Å². The molecule has 0 saturated carbocycles. The number of methoxy groups -OCH3 is 1. The van der Waals surface area contributed by atoms with Crippen molar-refractivity contribution < 1.29 is 19.1 Å². The Hall–Kier alpha value is -0.900. The Labute approximate surface area is 84.6 Å². The van der Waals surface area contributed by atoms with Gasteiger partial charge in [-0.05, 0) is 13.8 Å². The van der Waals surface area contributed by atoms with E-state index in [-0.39, 0.29) is 0 Å². The molecule has 0 fully saturated rings. The first-order valence-electron chi connectivity index (χ1n) is 4.00. The highest BCUT2D eigenvalue weighted by Crippen LogP contribution is 2.26. The fourth-order valence-electron chi connectivity index (χ4n) is 1.00. The molecule has 0 amide bonds. The van der Waals surface area contributed by atoms with Gasteiger partial charge in [0.1, 0.15) is 7.11 Å². The van der Waals surface area contributed by atoms with Crippen LogP contribution in [0.5, 0.6) is 0 Å². The minimum Gasteiger partial charge on any atom is -0.467 e. The first kappa shape index (κ1) is 13.1. The lowest BCUT2D eigenvalue weighted by Crippen LogP contribution is -2.51. The molecule has 4 nitrogen and oxygen atoms in total. The lowest BCUT2D eigenvalue weighted by Gasteiger charge is -2.29. The SMILES string of the molecule is [CH]OC(C)(C(=O)OC)C(=O)C([CH])(C)C. The standard InChI is InChI=1S/C10H14O4/c1-9(2,3)7(11)10(4,14-6)8(12)13-5/h1,6H,2-5H3. The monoisotopic (exact) mass is 198 g/mol. The second-order valence-electron chi connectivity index (χ2n) is 3.69. The number of esters is 1. The van der Waals surface area contributed by atoms with Crippen LogP contribution in [0.1, 0.15) is 20.8 Å². The second kappa shape index (κ2) is 4.09. The molecular weight excluding hydrogens is 184 g/mol. The predicted octanol–water partition coefficient (Wildman–Crippen LogP) is 0.910. The molecule has 4 heteroatoms. The van der Waals surface area contributed by atoms with Crippen molar-refractivity contribution in [3.05, 3.63) is 14.0 Å². The smallest absolute Gasteiger partial charge is 0.345 e. The van der Waals surface area contributed by atoms with Crippen LogP contribution in [0.2, 0.25) is 0 Å². The lowest BCUT2D eigenvalue weighted by molar-refractivity contribution is -0.170. The Balaban J connectivity index is 5.07. The van der Waals surface area contributed by atoms with E-state index in [1.807, 2.05) is 0 Å². The van der Waals surface area contributed by atoms with Gasteiger partial charge in [0.05, 0.1) is 7.11 Å². The molecule has 4 radical (unpaired) electrons. The maximum Gasteiger partial charge on any atom is 0.345 e. The molecule has 1 atom stereocenters. The van der Waals surface area contributed by atoms with E-state index in [1.165, 1.54) is 20.8 Å². The number of ketones is 1. The van der Waals surface area contributed by atoms with Crippen LogP contribution >= 0.6 is 0 Å². The van der Waals surface area contributed by atoms with Crippen LogP contribution in [0.3, 0.4) is 0 Å². The third kappa shape index (κ3) is 2.32. The fourth-order valence-corrected chi connectivity index (χ4v) is 1.00. The second-order valence-corrected chi connectivity index (χ2v) is 3.69. The van der Waals surface area contributed by atoms with Gasteiger partial charge in [0.15, 0.2) is 5.78 Å². The number of carbonyl (C=O) groups is 2. The summed E-state index contributed by atoms with van der Waals surface area (Å²) in [6.45, 7) is 9.67. The summed E-state index contributed by atoms with van der Waals surface area (Å²) in [7, 11) is 6.04. The zero-order chi connectivity index (χ0) is 11.6. The molecular formula is C10H14O4. The van der Waals surface area contributed by atoms with Crippen LogP contribution in [0.25, 0.3) is 0 Å². The fraction of sp³-hybridized carbons (Fsp3) is 0.600. The molecule has 1 unspecified atom stereocenters. The Bertz CT molecular complexity index is 239. The Morgan fingerprint density at radius 3 is 1.86 bits per heavy atom. The van der Waals surface area contributed by atoms with E-state index in [4.69, 9.17) is 14.0 Å². The molecule has 0 aliphatic heterocycles. The number of carbonyl (C=O) groups excluding carboxylic acids is 2. The van der Waals surface area contributed by atoms with Crippen molar-refractivity contribution in [1.82, 2.24) is 0 Å². The van der Waals surface area contributed by atoms with Crippen LogP contribution in [0.15, 0.2) is 0 Å². The maximum atomic E-state index is 11.7. The molecule has 0 rings (SSSR count). The van der Waals surface area contributed by atoms with E-state index in [0.717, 1.165) is 7.11 Å². The highest BCUT2D eigenvalue weighted by atomic mass is 16.6. The Morgan fingerprint density at radius 2 is 1.64 bits per heavy atom. The average molecular weight is 198 g/mol. The van der Waals surface area contributed by atoms with Crippen molar-refractivity contribution in [2.24, 2.45) is 5.41 Å². The molecule has 0 aromatic rings. The average Bonchev–Trinajstić information content (AvgIpc) is 2.12. The molecule has 14 heavy (non-hydrogen) atoms. The van der Waals surface area contributed by atoms with Crippen molar-refractivity contribution in [1.29, 1.82) is 0 Å². The number of hydrogen-bond donors (Lipinski definition) is 0. The number of rotatable bonds is 4. The van der Waals surface area contributed by atoms with E-state index >= 15 is 0 Å². The van der Waals surface area contributed by atoms with Crippen LogP contribution < -0.4 is 0 Å². The van der Waals surface area contributed by atoms with E-state index in [0.29, 0.717) is 0 Å². The molecule has 0 heterocycles. The Kier molecular flexibility index (Phi) is 3.82. The lowest BCUT2D eigenvalue weighted by atomic mass is 9.81. The van der Waals surface area contributed by atoms with Gasteiger partial charge >= 0.3 is 5.97 Å². The van der Waals surface area contributed by atoms with Crippen molar-refractivity contribution in [3.8, 4) is 0 Å². The normalized spacial score (nSPS) is 15.9. The van der Waals surface area contributed by atoms with Gasteiger partial charge in [-0.25, -0.2) is 4.79 Å². The summed E-state index contributed by atoms with van der Waals surface area (Å²) in [6, 6.07) is 0. The van der Waals surface area contributed by atoms with Gasteiger partial charge < -0.3 is 9.47 Å². The van der Waals surface area contributed by atoms with E-state index in [1.54, 1.807) is 0 Å². The molecule has 0 aliphatic rings. The van der Waals surface area contributed by atoms with E-state index in [9.17, 15) is 9.59 Å². The highest BCUT2D eigenvalue weighted by Gasteiger charge is 2.47. The third-order valence-electron chi connectivity index (χ3n) is 1.83. The molecule has 0 spiro atoms. The summed E-state index contributed by atoms with van der Waals surface area (Å²) >= 11 is 0. The first-order valence-corrected chi connectivity index (χ1v) is 4.00. The Morgan fingerprint density at radius 1 is 1.21 bits per heavy atom. The zero-order valence-corrected chi connectivity index (χ0v) is 8.79. The van der Waals surface area contributed by atoms with Crippen molar-refractivity contribution in [2.45, 2.75) is 26.4 Å². The molecule has 0 N–H and O–H groups in total. The summed E-state index contributed by atoms with van der Waals surface area (Å²) in [5, 5.41) is 0. The van der Waals surface area contributed by atoms with Gasteiger partial charge in [-0.2, -0.15) is 0 Å². The van der Waals surface area contributed by atoms with Crippen LogP contribution in [0.4, 0.5) is 0 Å². The summed E-state index contributed by atoms with van der Waals surface area (Å²) < 4.78 is 8.78. The van der Waals surface area contributed by atoms with Crippen molar-refractivity contribution >= 4 is 11.8 Å². The molecule has 78 valence electrons. The van der Waals surface area contributed by atoms with Gasteiger partial charge in [0, 0.05) is 5.41 Å². The number of hydrogen-bond acceptors (Lipinski definition) is 4. The van der Waals surface area contributed by atoms with Crippen LogP contribution in [0, 0.1) is 19.4 Å². The largest absolute Gasteiger partial charge is 0.467 e. The minimum absolute atomic E-state index is 0.639. The molecule has 0 aromatic heterocycles. The summed E-state index contributed by atoms with van der Waals surface area (Å²) in [4.78, 5) is 22.9. The molecule has 0 saturated heterocycles. The third-order valence-corrected chi connectivity index (χ3v) is 1.83. The number of Topliss-reactive ketones (excluding diaryl/α,β-unsaturated/α-hetero) is 1. The predicted molar refractivity (Wildman–Crippen MR) is 48.9 cm³/mol.